The van der Waals surface area contributed by atoms with E-state index in [9.17, 15) is 9.18 Å². The van der Waals surface area contributed by atoms with Gasteiger partial charge in [0, 0.05) is 18.0 Å². The number of benzene rings is 2. The molecule has 2 nitrogen and oxygen atoms in total. The number of carbonyl (C=O) groups is 1. The first-order valence-electron chi connectivity index (χ1n) is 6.94. The molecule has 0 radical (unpaired) electrons. The molecule has 0 fully saturated rings. The SMILES string of the molecule is O=C(CSCc1ccc(F)cc1)N1CCc2ccccc21. The lowest BCUT2D eigenvalue weighted by molar-refractivity contribution is -0.116. The van der Waals surface area contributed by atoms with Crippen molar-refractivity contribution in [2.24, 2.45) is 0 Å². The summed E-state index contributed by atoms with van der Waals surface area (Å²) >= 11 is 1.57. The average molecular weight is 301 g/mol. The fraction of sp³-hybridized carbons (Fsp3) is 0.235. The maximum atomic E-state index is 12.8. The molecule has 1 aliphatic rings. The molecule has 0 aromatic heterocycles. The van der Waals surface area contributed by atoms with Crippen molar-refractivity contribution < 1.29 is 9.18 Å². The fourth-order valence-electron chi connectivity index (χ4n) is 2.51. The van der Waals surface area contributed by atoms with E-state index < -0.39 is 0 Å². The maximum Gasteiger partial charge on any atom is 0.237 e. The molecule has 1 amide bonds. The number of anilines is 1. The van der Waals surface area contributed by atoms with E-state index in [2.05, 4.69) is 6.07 Å². The van der Waals surface area contributed by atoms with E-state index in [-0.39, 0.29) is 11.7 Å². The largest absolute Gasteiger partial charge is 0.311 e. The van der Waals surface area contributed by atoms with Crippen LogP contribution in [0.3, 0.4) is 0 Å². The molecule has 1 aliphatic heterocycles. The standard InChI is InChI=1S/C17H16FNOS/c18-15-7-5-13(6-8-15)11-21-12-17(20)19-10-9-14-3-1-2-4-16(14)19/h1-8H,9-12H2. The van der Waals surface area contributed by atoms with Gasteiger partial charge in [-0.25, -0.2) is 4.39 Å². The van der Waals surface area contributed by atoms with E-state index in [0.29, 0.717) is 5.75 Å². The highest BCUT2D eigenvalue weighted by atomic mass is 32.2. The molecule has 1 heterocycles. The van der Waals surface area contributed by atoms with Gasteiger partial charge >= 0.3 is 0 Å². The molecular formula is C17H16FNOS. The third kappa shape index (κ3) is 3.27. The van der Waals surface area contributed by atoms with Crippen molar-refractivity contribution in [2.75, 3.05) is 17.2 Å². The maximum absolute atomic E-state index is 12.8. The summed E-state index contributed by atoms with van der Waals surface area (Å²) in [5.41, 5.74) is 3.33. The smallest absolute Gasteiger partial charge is 0.237 e. The van der Waals surface area contributed by atoms with Gasteiger partial charge in [-0.15, -0.1) is 11.8 Å². The molecule has 0 aliphatic carbocycles. The summed E-state index contributed by atoms with van der Waals surface area (Å²) in [5, 5.41) is 0. The molecule has 21 heavy (non-hydrogen) atoms. The van der Waals surface area contributed by atoms with Crippen molar-refractivity contribution in [1.29, 1.82) is 0 Å². The Bertz CT molecular complexity index is 641. The van der Waals surface area contributed by atoms with E-state index in [1.807, 2.05) is 23.1 Å². The highest BCUT2D eigenvalue weighted by Crippen LogP contribution is 2.28. The molecule has 4 heteroatoms. The summed E-state index contributed by atoms with van der Waals surface area (Å²) in [6.45, 7) is 0.773. The molecule has 0 spiro atoms. The van der Waals surface area contributed by atoms with E-state index in [0.717, 1.165) is 30.0 Å². The average Bonchev–Trinajstić information content (AvgIpc) is 2.93. The van der Waals surface area contributed by atoms with Crippen LogP contribution in [0.2, 0.25) is 0 Å². The minimum absolute atomic E-state index is 0.145. The first-order chi connectivity index (χ1) is 10.2. The summed E-state index contributed by atoms with van der Waals surface area (Å²) in [6, 6.07) is 14.5. The summed E-state index contributed by atoms with van der Waals surface area (Å²) < 4.78 is 12.8. The number of thioether (sulfide) groups is 1. The van der Waals surface area contributed by atoms with Crippen LogP contribution in [0.1, 0.15) is 11.1 Å². The Morgan fingerprint density at radius 2 is 1.90 bits per heavy atom. The van der Waals surface area contributed by atoms with Gasteiger partial charge < -0.3 is 4.90 Å². The number of hydrogen-bond donors (Lipinski definition) is 0. The van der Waals surface area contributed by atoms with Crippen LogP contribution in [0.5, 0.6) is 0 Å². The number of carbonyl (C=O) groups excluding carboxylic acids is 1. The molecule has 0 atom stereocenters. The van der Waals surface area contributed by atoms with Crippen molar-refractivity contribution in [3.8, 4) is 0 Å². The van der Waals surface area contributed by atoms with E-state index in [1.165, 1.54) is 17.7 Å². The van der Waals surface area contributed by atoms with Crippen LogP contribution < -0.4 is 4.90 Å². The topological polar surface area (TPSA) is 20.3 Å². The Hall–Kier alpha value is -1.81. The van der Waals surface area contributed by atoms with E-state index in [1.54, 1.807) is 23.9 Å². The highest BCUT2D eigenvalue weighted by molar-refractivity contribution is 7.99. The predicted octanol–water partition coefficient (Wildman–Crippen LogP) is 3.65. The van der Waals surface area contributed by atoms with Gasteiger partial charge in [0.2, 0.25) is 5.91 Å². The monoisotopic (exact) mass is 301 g/mol. The van der Waals surface area contributed by atoms with Crippen molar-refractivity contribution in [2.45, 2.75) is 12.2 Å². The zero-order chi connectivity index (χ0) is 14.7. The molecule has 0 saturated heterocycles. The number of amides is 1. The molecule has 3 rings (SSSR count). The van der Waals surface area contributed by atoms with Gasteiger partial charge in [0.1, 0.15) is 5.82 Å². The number of nitrogens with zero attached hydrogens (tertiary/aromatic N) is 1. The van der Waals surface area contributed by atoms with Gasteiger partial charge in [-0.2, -0.15) is 0 Å². The van der Waals surface area contributed by atoms with Crippen molar-refractivity contribution in [3.63, 3.8) is 0 Å². The van der Waals surface area contributed by atoms with Gasteiger partial charge in [0.15, 0.2) is 0 Å². The Balaban J connectivity index is 1.54. The van der Waals surface area contributed by atoms with Crippen molar-refractivity contribution in [1.82, 2.24) is 0 Å². The van der Waals surface area contributed by atoms with Crippen molar-refractivity contribution in [3.05, 3.63) is 65.5 Å². The Kier molecular flexibility index (Phi) is 4.25. The molecule has 0 N–H and O–H groups in total. The normalized spacial score (nSPS) is 13.3. The van der Waals surface area contributed by atoms with E-state index >= 15 is 0 Å². The summed E-state index contributed by atoms with van der Waals surface area (Å²) in [4.78, 5) is 14.2. The zero-order valence-electron chi connectivity index (χ0n) is 11.6. The molecule has 2 aromatic rings. The fourth-order valence-corrected chi connectivity index (χ4v) is 3.37. The number of para-hydroxylation sites is 1. The minimum atomic E-state index is -0.228. The number of hydrogen-bond acceptors (Lipinski definition) is 2. The zero-order valence-corrected chi connectivity index (χ0v) is 12.4. The van der Waals surface area contributed by atoms with Crippen LogP contribution >= 0.6 is 11.8 Å². The summed E-state index contributed by atoms with van der Waals surface area (Å²) in [7, 11) is 0. The molecule has 2 aromatic carbocycles. The third-order valence-electron chi connectivity index (χ3n) is 3.60. The number of fused-ring (bicyclic) bond motifs is 1. The van der Waals surface area contributed by atoms with Gasteiger partial charge in [-0.3, -0.25) is 4.79 Å². The predicted molar refractivity (Wildman–Crippen MR) is 85.1 cm³/mol. The van der Waals surface area contributed by atoms with Crippen molar-refractivity contribution >= 4 is 23.4 Å². The molecule has 0 bridgehead atoms. The quantitative estimate of drug-likeness (QED) is 0.859. The minimum Gasteiger partial charge on any atom is -0.311 e. The summed E-state index contributed by atoms with van der Waals surface area (Å²) in [5.74, 6) is 1.09. The molecular weight excluding hydrogens is 285 g/mol. The van der Waals surface area contributed by atoms with E-state index in [4.69, 9.17) is 0 Å². The first kappa shape index (κ1) is 14.1. The van der Waals surface area contributed by atoms with Crippen LogP contribution in [0.15, 0.2) is 48.5 Å². The first-order valence-corrected chi connectivity index (χ1v) is 8.10. The van der Waals surface area contributed by atoms with Crippen LogP contribution in [-0.4, -0.2) is 18.2 Å². The second-order valence-corrected chi connectivity index (χ2v) is 6.03. The molecule has 0 unspecified atom stereocenters. The molecule has 0 saturated carbocycles. The second-order valence-electron chi connectivity index (χ2n) is 5.04. The molecule has 108 valence electrons. The van der Waals surface area contributed by atoms with Crippen LogP contribution in [0.25, 0.3) is 0 Å². The Morgan fingerprint density at radius 3 is 2.71 bits per heavy atom. The highest BCUT2D eigenvalue weighted by Gasteiger charge is 2.23. The van der Waals surface area contributed by atoms with Crippen LogP contribution in [-0.2, 0) is 17.0 Å². The lowest BCUT2D eigenvalue weighted by Gasteiger charge is -2.17. The lowest BCUT2D eigenvalue weighted by Crippen LogP contribution is -2.30. The number of rotatable bonds is 4. The second kappa shape index (κ2) is 6.31. The van der Waals surface area contributed by atoms with Crippen LogP contribution in [0, 0.1) is 5.82 Å². The van der Waals surface area contributed by atoms with Gasteiger partial charge in [0.05, 0.1) is 5.75 Å². The van der Waals surface area contributed by atoms with Gasteiger partial charge in [0.25, 0.3) is 0 Å². The Labute approximate surface area is 128 Å². The third-order valence-corrected chi connectivity index (χ3v) is 4.58. The Morgan fingerprint density at radius 1 is 1.14 bits per heavy atom. The van der Waals surface area contributed by atoms with Gasteiger partial charge in [-0.1, -0.05) is 30.3 Å². The number of halogens is 1. The lowest BCUT2D eigenvalue weighted by atomic mass is 10.2. The van der Waals surface area contributed by atoms with Gasteiger partial charge in [-0.05, 0) is 35.7 Å². The summed E-state index contributed by atoms with van der Waals surface area (Å²) in [6.07, 6.45) is 0.935. The van der Waals surface area contributed by atoms with Crippen LogP contribution in [0.4, 0.5) is 10.1 Å².